The van der Waals surface area contributed by atoms with Gasteiger partial charge in [0.2, 0.25) is 0 Å². The third-order valence-corrected chi connectivity index (χ3v) is 14.2. The fourth-order valence-electron chi connectivity index (χ4n) is 11.1. The van der Waals surface area contributed by atoms with Gasteiger partial charge in [0.15, 0.2) is 0 Å². The van der Waals surface area contributed by atoms with Gasteiger partial charge in [-0.25, -0.2) is 0 Å². The highest BCUT2D eigenvalue weighted by atomic mass is 16.3. The van der Waals surface area contributed by atoms with E-state index >= 15 is 0 Å². The highest BCUT2D eigenvalue weighted by Gasteiger charge is 2.20. The minimum absolute atomic E-state index is 0.906. The molecule has 1 nitrogen and oxygen atoms in total. The fraction of sp³-hybridized carbons (Fsp3) is 0. The van der Waals surface area contributed by atoms with Crippen LogP contribution < -0.4 is 0 Å². The molecule has 0 saturated heterocycles. The molecule has 67 heavy (non-hydrogen) atoms. The Morgan fingerprint density at radius 2 is 0.716 bits per heavy atom. The van der Waals surface area contributed by atoms with Crippen LogP contribution in [0.5, 0.6) is 0 Å². The van der Waals surface area contributed by atoms with Crippen molar-refractivity contribution in [1.29, 1.82) is 0 Å². The van der Waals surface area contributed by atoms with Crippen LogP contribution in [0.1, 0.15) is 0 Å². The Hall–Kier alpha value is -8.78. The normalized spacial score (nSPS) is 11.9. The minimum Gasteiger partial charge on any atom is -0.455 e. The SMILES string of the molecule is c1ccc(-c2ccc(-c3c4ccccc4c(-c4ccc5c(-c6ccccc6)cc6c7cc(-c8cc9ccccc9c9c8oc8ccccc89)ccc7ccc6c5c4)c4ccccc34)cc2)cc1. The summed E-state index contributed by atoms with van der Waals surface area (Å²) >= 11 is 0. The number of fused-ring (bicyclic) bond motifs is 12. The van der Waals surface area contributed by atoms with Gasteiger partial charge >= 0.3 is 0 Å². The summed E-state index contributed by atoms with van der Waals surface area (Å²) in [5.41, 5.74) is 13.9. The molecule has 0 atom stereocenters. The van der Waals surface area contributed by atoms with Crippen LogP contribution in [-0.4, -0.2) is 0 Å². The van der Waals surface area contributed by atoms with Crippen LogP contribution in [0, 0.1) is 0 Å². The van der Waals surface area contributed by atoms with Gasteiger partial charge in [-0.3, -0.25) is 0 Å². The summed E-state index contributed by atoms with van der Waals surface area (Å²) in [6.45, 7) is 0. The van der Waals surface area contributed by atoms with Crippen molar-refractivity contribution in [2.75, 3.05) is 0 Å². The second-order valence-corrected chi connectivity index (χ2v) is 17.9. The third-order valence-electron chi connectivity index (χ3n) is 14.2. The molecule has 0 radical (unpaired) electrons. The summed E-state index contributed by atoms with van der Waals surface area (Å²) in [6, 6.07) is 89.1. The summed E-state index contributed by atoms with van der Waals surface area (Å²) in [5, 5.41) is 17.1. The molecule has 14 aromatic rings. The van der Waals surface area contributed by atoms with Crippen LogP contribution in [0.25, 0.3) is 142 Å². The zero-order chi connectivity index (χ0) is 44.0. The molecule has 13 aromatic carbocycles. The van der Waals surface area contributed by atoms with E-state index in [-0.39, 0.29) is 0 Å². The number of furan rings is 1. The summed E-state index contributed by atoms with van der Waals surface area (Å²) in [4.78, 5) is 0. The molecule has 1 heteroatoms. The molecule has 0 bridgehead atoms. The predicted octanol–water partition coefficient (Wildman–Crippen LogP) is 18.8. The van der Waals surface area contributed by atoms with Crippen LogP contribution in [0.4, 0.5) is 0 Å². The van der Waals surface area contributed by atoms with Crippen molar-refractivity contribution in [3.05, 3.63) is 243 Å². The molecule has 0 amide bonds. The second kappa shape index (κ2) is 14.9. The number of hydrogen-bond donors (Lipinski definition) is 0. The van der Waals surface area contributed by atoms with Crippen LogP contribution in [-0.2, 0) is 0 Å². The van der Waals surface area contributed by atoms with Crippen molar-refractivity contribution in [3.8, 4) is 55.6 Å². The number of para-hydroxylation sites is 1. The second-order valence-electron chi connectivity index (χ2n) is 17.9. The van der Waals surface area contributed by atoms with E-state index in [0.717, 1.165) is 27.7 Å². The fourth-order valence-corrected chi connectivity index (χ4v) is 11.1. The first-order valence-corrected chi connectivity index (χ1v) is 23.2. The van der Waals surface area contributed by atoms with Gasteiger partial charge in [-0.05, 0) is 145 Å². The lowest BCUT2D eigenvalue weighted by Gasteiger charge is -2.19. The van der Waals surface area contributed by atoms with E-state index in [0.29, 0.717) is 0 Å². The Morgan fingerprint density at radius 1 is 0.224 bits per heavy atom. The van der Waals surface area contributed by atoms with Gasteiger partial charge < -0.3 is 4.42 Å². The topological polar surface area (TPSA) is 13.1 Å². The molecule has 0 unspecified atom stereocenters. The molecule has 14 rings (SSSR count). The molecule has 0 aliphatic heterocycles. The standard InChI is InChI=1S/C66H40O/c1-3-15-41(16-4-1)42-27-30-45(31-28-42)63-52-21-9-11-23-54(52)64(55-24-12-10-22-53(55)63)48-34-36-50-58(43-17-5-2-6-18-43)40-61-51(60(50)39-48)35-33-44-29-32-47(37-57(44)61)59-38-46-19-7-8-20-49(46)65-56-25-13-14-26-62(56)67-66(59)65/h1-40H. The van der Waals surface area contributed by atoms with Crippen molar-refractivity contribution >= 4 is 86.6 Å². The van der Waals surface area contributed by atoms with Crippen molar-refractivity contribution < 1.29 is 4.42 Å². The largest absolute Gasteiger partial charge is 0.455 e. The average molecular weight is 849 g/mol. The van der Waals surface area contributed by atoms with Gasteiger partial charge in [0.05, 0.1) is 0 Å². The van der Waals surface area contributed by atoms with E-state index in [1.165, 1.54) is 115 Å². The van der Waals surface area contributed by atoms with Gasteiger partial charge in [0.1, 0.15) is 11.2 Å². The summed E-state index contributed by atoms with van der Waals surface area (Å²) in [7, 11) is 0. The lowest BCUT2D eigenvalue weighted by molar-refractivity contribution is 0.670. The quantitative estimate of drug-likeness (QED) is 0.124. The van der Waals surface area contributed by atoms with Crippen LogP contribution in [0.3, 0.4) is 0 Å². The Labute approximate surface area is 387 Å². The molecule has 0 aliphatic carbocycles. The van der Waals surface area contributed by atoms with E-state index in [1.807, 2.05) is 0 Å². The molecular weight excluding hydrogens is 809 g/mol. The Morgan fingerprint density at radius 3 is 1.43 bits per heavy atom. The van der Waals surface area contributed by atoms with Crippen LogP contribution in [0.2, 0.25) is 0 Å². The molecule has 0 aliphatic rings. The lowest BCUT2D eigenvalue weighted by Crippen LogP contribution is -1.92. The summed E-state index contributed by atoms with van der Waals surface area (Å²) < 4.78 is 6.75. The number of rotatable bonds is 5. The van der Waals surface area contributed by atoms with Gasteiger partial charge in [0.25, 0.3) is 0 Å². The van der Waals surface area contributed by atoms with Gasteiger partial charge in [0, 0.05) is 16.3 Å². The number of hydrogen-bond acceptors (Lipinski definition) is 1. The van der Waals surface area contributed by atoms with Crippen LogP contribution in [0.15, 0.2) is 247 Å². The zero-order valence-corrected chi connectivity index (χ0v) is 36.5. The van der Waals surface area contributed by atoms with Crippen molar-refractivity contribution in [3.63, 3.8) is 0 Å². The van der Waals surface area contributed by atoms with Gasteiger partial charge in [-0.2, -0.15) is 0 Å². The molecular formula is C66H40O. The highest BCUT2D eigenvalue weighted by molar-refractivity contribution is 6.26. The molecule has 1 heterocycles. The zero-order valence-electron chi connectivity index (χ0n) is 36.5. The lowest BCUT2D eigenvalue weighted by atomic mass is 9.84. The van der Waals surface area contributed by atoms with E-state index in [4.69, 9.17) is 4.42 Å². The number of benzene rings is 13. The first-order chi connectivity index (χ1) is 33.2. The maximum Gasteiger partial charge on any atom is 0.143 e. The third kappa shape index (κ3) is 5.88. The molecule has 1 aromatic heterocycles. The maximum atomic E-state index is 6.75. The van der Waals surface area contributed by atoms with Gasteiger partial charge in [-0.1, -0.05) is 212 Å². The molecule has 0 saturated carbocycles. The molecule has 0 N–H and O–H groups in total. The van der Waals surface area contributed by atoms with E-state index in [1.54, 1.807) is 0 Å². The summed E-state index contributed by atoms with van der Waals surface area (Å²) in [5.74, 6) is 0. The smallest absolute Gasteiger partial charge is 0.143 e. The van der Waals surface area contributed by atoms with Crippen molar-refractivity contribution in [2.45, 2.75) is 0 Å². The monoisotopic (exact) mass is 848 g/mol. The molecule has 310 valence electrons. The van der Waals surface area contributed by atoms with Crippen molar-refractivity contribution in [1.82, 2.24) is 0 Å². The first kappa shape index (κ1) is 37.6. The van der Waals surface area contributed by atoms with Gasteiger partial charge in [-0.15, -0.1) is 0 Å². The molecule has 0 spiro atoms. The molecule has 0 fully saturated rings. The Kier molecular flexibility index (Phi) is 8.35. The van der Waals surface area contributed by atoms with E-state index in [2.05, 4.69) is 243 Å². The van der Waals surface area contributed by atoms with E-state index in [9.17, 15) is 0 Å². The Balaban J connectivity index is 1.01. The minimum atomic E-state index is 0.906. The van der Waals surface area contributed by atoms with Crippen LogP contribution >= 0.6 is 0 Å². The van der Waals surface area contributed by atoms with E-state index < -0.39 is 0 Å². The summed E-state index contributed by atoms with van der Waals surface area (Å²) in [6.07, 6.45) is 0. The van der Waals surface area contributed by atoms with Crippen molar-refractivity contribution in [2.24, 2.45) is 0 Å². The first-order valence-electron chi connectivity index (χ1n) is 23.2. The maximum absolute atomic E-state index is 6.75. The highest BCUT2D eigenvalue weighted by Crippen LogP contribution is 2.47. The predicted molar refractivity (Wildman–Crippen MR) is 286 cm³/mol. The Bertz CT molecular complexity index is 4240. The average Bonchev–Trinajstić information content (AvgIpc) is 3.80.